The number of ketones is 1. The van der Waals surface area contributed by atoms with Gasteiger partial charge in [-0.1, -0.05) is 0 Å². The molecule has 0 amide bonds. The lowest BCUT2D eigenvalue weighted by atomic mass is 10.2. The summed E-state index contributed by atoms with van der Waals surface area (Å²) >= 11 is 0. The minimum Gasteiger partial charge on any atom is -0.490 e. The van der Waals surface area contributed by atoms with Crippen LogP contribution in [0, 0.1) is 0 Å². The van der Waals surface area contributed by atoms with E-state index in [9.17, 15) is 4.79 Å². The maximum atomic E-state index is 11.0. The van der Waals surface area contributed by atoms with Gasteiger partial charge in [-0.05, 0) is 13.8 Å². The fourth-order valence-corrected chi connectivity index (χ4v) is 0.975. The molecule has 3 heteroatoms. The van der Waals surface area contributed by atoms with E-state index < -0.39 is 0 Å². The van der Waals surface area contributed by atoms with E-state index in [0.717, 1.165) is 0 Å². The molecule has 0 saturated heterocycles. The molecule has 3 nitrogen and oxygen atoms in total. The summed E-state index contributed by atoms with van der Waals surface area (Å²) in [7, 11) is 1.47. The van der Waals surface area contributed by atoms with Gasteiger partial charge in [-0.2, -0.15) is 0 Å². The third-order valence-corrected chi connectivity index (χ3v) is 1.47. The van der Waals surface area contributed by atoms with Crippen molar-refractivity contribution < 1.29 is 14.3 Å². The van der Waals surface area contributed by atoms with Gasteiger partial charge in [0, 0.05) is 0 Å². The molecular weight excluding hydrogens is 132 g/mol. The van der Waals surface area contributed by atoms with Gasteiger partial charge in [0.15, 0.2) is 6.10 Å². The number of carbonyl (C=O) groups is 1. The van der Waals surface area contributed by atoms with Crippen LogP contribution in [0.1, 0.15) is 13.8 Å². The highest BCUT2D eigenvalue weighted by atomic mass is 16.5. The zero-order valence-electron chi connectivity index (χ0n) is 6.30. The average molecular weight is 142 g/mol. The maximum Gasteiger partial charge on any atom is 0.240 e. The van der Waals surface area contributed by atoms with E-state index in [1.807, 2.05) is 0 Å². The monoisotopic (exact) mass is 142 g/mol. The molecule has 0 aromatic heterocycles. The van der Waals surface area contributed by atoms with Gasteiger partial charge in [0.25, 0.3) is 0 Å². The van der Waals surface area contributed by atoms with Crippen LogP contribution in [0.3, 0.4) is 0 Å². The normalized spacial score (nSPS) is 25.1. The molecule has 0 bridgehead atoms. The Morgan fingerprint density at radius 1 is 1.60 bits per heavy atom. The van der Waals surface area contributed by atoms with Crippen molar-refractivity contribution in [3.8, 4) is 0 Å². The number of ether oxygens (including phenoxy) is 2. The highest BCUT2D eigenvalue weighted by Crippen LogP contribution is 2.20. The minimum atomic E-state index is -0.366. The molecule has 1 aliphatic rings. The van der Waals surface area contributed by atoms with E-state index in [4.69, 9.17) is 9.47 Å². The SMILES string of the molecule is COC1=C(C)O[C@@H](C)C1=O. The number of allylic oxidation sites excluding steroid dienone is 1. The molecule has 0 spiro atoms. The Bertz CT molecular complexity index is 193. The Morgan fingerprint density at radius 2 is 2.20 bits per heavy atom. The molecule has 0 aliphatic carbocycles. The summed E-state index contributed by atoms with van der Waals surface area (Å²) < 4.78 is 9.89. The molecule has 0 N–H and O–H groups in total. The van der Waals surface area contributed by atoms with Crippen LogP contribution in [0.15, 0.2) is 11.5 Å². The summed E-state index contributed by atoms with van der Waals surface area (Å²) in [5, 5.41) is 0. The van der Waals surface area contributed by atoms with Gasteiger partial charge in [-0.15, -0.1) is 0 Å². The Kier molecular flexibility index (Phi) is 1.66. The lowest BCUT2D eigenvalue weighted by Gasteiger charge is -1.99. The summed E-state index contributed by atoms with van der Waals surface area (Å²) in [4.78, 5) is 11.0. The summed E-state index contributed by atoms with van der Waals surface area (Å²) in [6.45, 7) is 3.43. The predicted molar refractivity (Wildman–Crippen MR) is 35.3 cm³/mol. The highest BCUT2D eigenvalue weighted by molar-refractivity contribution is 5.99. The molecule has 1 heterocycles. The molecule has 1 atom stereocenters. The lowest BCUT2D eigenvalue weighted by Crippen LogP contribution is -2.13. The number of hydrogen-bond donors (Lipinski definition) is 0. The maximum absolute atomic E-state index is 11.0. The van der Waals surface area contributed by atoms with Crippen LogP contribution >= 0.6 is 0 Å². The van der Waals surface area contributed by atoms with E-state index in [2.05, 4.69) is 0 Å². The van der Waals surface area contributed by atoms with Gasteiger partial charge < -0.3 is 9.47 Å². The summed E-state index contributed by atoms with van der Waals surface area (Å²) in [5.74, 6) is 0.868. The van der Waals surface area contributed by atoms with Crippen LogP contribution in [0.2, 0.25) is 0 Å². The second-order valence-corrected chi connectivity index (χ2v) is 2.21. The molecule has 1 rings (SSSR count). The first-order valence-electron chi connectivity index (χ1n) is 3.12. The van der Waals surface area contributed by atoms with E-state index in [1.54, 1.807) is 13.8 Å². The molecule has 1 aliphatic heterocycles. The number of carbonyl (C=O) groups excluding carboxylic acids is 1. The van der Waals surface area contributed by atoms with E-state index in [-0.39, 0.29) is 11.9 Å². The van der Waals surface area contributed by atoms with Crippen molar-refractivity contribution in [2.24, 2.45) is 0 Å². The number of rotatable bonds is 1. The van der Waals surface area contributed by atoms with Crippen molar-refractivity contribution in [2.45, 2.75) is 20.0 Å². The largest absolute Gasteiger partial charge is 0.490 e. The quantitative estimate of drug-likeness (QED) is 0.544. The number of methoxy groups -OCH3 is 1. The molecule has 0 fully saturated rings. The van der Waals surface area contributed by atoms with Gasteiger partial charge in [0.2, 0.25) is 11.5 Å². The van der Waals surface area contributed by atoms with Crippen LogP contribution in [0.25, 0.3) is 0 Å². The Balaban J connectivity index is 2.85. The predicted octanol–water partition coefficient (Wildman–Crippen LogP) is 0.852. The average Bonchev–Trinajstić information content (AvgIpc) is 2.09. The topological polar surface area (TPSA) is 35.5 Å². The van der Waals surface area contributed by atoms with Gasteiger partial charge in [-0.3, -0.25) is 4.79 Å². The number of hydrogen-bond acceptors (Lipinski definition) is 3. The Morgan fingerprint density at radius 3 is 2.40 bits per heavy atom. The van der Waals surface area contributed by atoms with E-state index in [0.29, 0.717) is 11.5 Å². The minimum absolute atomic E-state index is 0.0694. The molecular formula is C7H10O3. The zero-order chi connectivity index (χ0) is 7.72. The lowest BCUT2D eigenvalue weighted by molar-refractivity contribution is -0.122. The Labute approximate surface area is 59.6 Å². The first-order valence-corrected chi connectivity index (χ1v) is 3.12. The van der Waals surface area contributed by atoms with Crippen LogP contribution in [-0.2, 0) is 14.3 Å². The van der Waals surface area contributed by atoms with Crippen molar-refractivity contribution in [3.63, 3.8) is 0 Å². The fourth-order valence-electron chi connectivity index (χ4n) is 0.975. The van der Waals surface area contributed by atoms with E-state index >= 15 is 0 Å². The summed E-state index contributed by atoms with van der Waals surface area (Å²) in [6, 6.07) is 0. The number of Topliss-reactive ketones (excluding diaryl/α,β-unsaturated/α-hetero) is 1. The first kappa shape index (κ1) is 7.12. The van der Waals surface area contributed by atoms with Gasteiger partial charge >= 0.3 is 0 Å². The first-order chi connectivity index (χ1) is 4.66. The third kappa shape index (κ3) is 0.875. The molecule has 10 heavy (non-hydrogen) atoms. The standard InChI is InChI=1S/C7H10O3/c1-4-6(8)7(9-3)5(2)10-4/h4H,1-3H3/t4-/m0/s1. The van der Waals surface area contributed by atoms with Crippen LogP contribution in [0.5, 0.6) is 0 Å². The Hall–Kier alpha value is -0.990. The second-order valence-electron chi connectivity index (χ2n) is 2.21. The van der Waals surface area contributed by atoms with Crippen LogP contribution in [0.4, 0.5) is 0 Å². The van der Waals surface area contributed by atoms with Gasteiger partial charge in [0.05, 0.1) is 7.11 Å². The zero-order valence-corrected chi connectivity index (χ0v) is 6.30. The third-order valence-electron chi connectivity index (χ3n) is 1.47. The highest BCUT2D eigenvalue weighted by Gasteiger charge is 2.30. The second kappa shape index (κ2) is 2.33. The van der Waals surface area contributed by atoms with Crippen molar-refractivity contribution in [3.05, 3.63) is 11.5 Å². The molecule has 56 valence electrons. The van der Waals surface area contributed by atoms with Crippen LogP contribution in [-0.4, -0.2) is 19.0 Å². The molecule has 0 aromatic rings. The molecule has 0 aromatic carbocycles. The fraction of sp³-hybridized carbons (Fsp3) is 0.571. The smallest absolute Gasteiger partial charge is 0.240 e. The summed E-state index contributed by atoms with van der Waals surface area (Å²) in [5.41, 5.74) is 0. The molecule has 0 saturated carbocycles. The van der Waals surface area contributed by atoms with Crippen molar-refractivity contribution >= 4 is 5.78 Å². The van der Waals surface area contributed by atoms with Gasteiger partial charge in [-0.25, -0.2) is 0 Å². The van der Waals surface area contributed by atoms with Gasteiger partial charge in [0.1, 0.15) is 5.76 Å². The molecule has 0 unspecified atom stereocenters. The van der Waals surface area contributed by atoms with Crippen molar-refractivity contribution in [2.75, 3.05) is 7.11 Å². The van der Waals surface area contributed by atoms with Crippen molar-refractivity contribution in [1.82, 2.24) is 0 Å². The molecule has 0 radical (unpaired) electrons. The summed E-state index contributed by atoms with van der Waals surface area (Å²) in [6.07, 6.45) is -0.366. The van der Waals surface area contributed by atoms with Crippen molar-refractivity contribution in [1.29, 1.82) is 0 Å². The van der Waals surface area contributed by atoms with E-state index in [1.165, 1.54) is 7.11 Å². The van der Waals surface area contributed by atoms with Crippen LogP contribution < -0.4 is 0 Å².